The molecule has 2 aromatic heterocycles. The van der Waals surface area contributed by atoms with Gasteiger partial charge in [0, 0.05) is 23.0 Å². The molecule has 0 saturated carbocycles. The van der Waals surface area contributed by atoms with Crippen molar-refractivity contribution in [3.05, 3.63) is 65.0 Å². The normalized spacial score (nSPS) is 17.5. The third-order valence-corrected chi connectivity index (χ3v) is 7.61. The van der Waals surface area contributed by atoms with Gasteiger partial charge in [0.15, 0.2) is 9.84 Å². The summed E-state index contributed by atoms with van der Waals surface area (Å²) in [5.74, 6) is 0. The number of fused-ring (bicyclic) bond motifs is 2. The Morgan fingerprint density at radius 2 is 1.71 bits per heavy atom. The fourth-order valence-corrected chi connectivity index (χ4v) is 5.57. The molecule has 1 aliphatic rings. The number of rotatable bonds is 3. The van der Waals surface area contributed by atoms with Crippen LogP contribution in [0.4, 0.5) is 0 Å². The number of para-hydroxylation sites is 1. The highest BCUT2D eigenvalue weighted by molar-refractivity contribution is 7.92. The van der Waals surface area contributed by atoms with Gasteiger partial charge in [-0.25, -0.2) is 8.42 Å². The molecule has 7 heteroatoms. The average Bonchev–Trinajstić information content (AvgIpc) is 3.37. The molecule has 1 aliphatic heterocycles. The van der Waals surface area contributed by atoms with Gasteiger partial charge in [-0.2, -0.15) is 0 Å². The van der Waals surface area contributed by atoms with Crippen molar-refractivity contribution in [2.75, 3.05) is 13.1 Å². The van der Waals surface area contributed by atoms with E-state index in [1.54, 1.807) is 18.2 Å². The summed E-state index contributed by atoms with van der Waals surface area (Å²) in [5, 5.41) is 4.44. The highest BCUT2D eigenvalue weighted by atomic mass is 32.2. The van der Waals surface area contributed by atoms with Gasteiger partial charge in [0.25, 0.3) is 5.56 Å². The van der Waals surface area contributed by atoms with E-state index in [0.29, 0.717) is 29.1 Å². The summed E-state index contributed by atoms with van der Waals surface area (Å²) >= 11 is 0. The second-order valence-electron chi connectivity index (χ2n) is 7.19. The van der Waals surface area contributed by atoms with Gasteiger partial charge in [-0.1, -0.05) is 18.2 Å². The molecule has 0 spiro atoms. The third-order valence-electron chi connectivity index (χ3n) is 5.42. The zero-order valence-electron chi connectivity index (χ0n) is 15.0. The monoisotopic (exact) mass is 393 g/mol. The molecule has 3 N–H and O–H groups in total. The molecule has 4 aromatic rings. The molecule has 3 heterocycles. The van der Waals surface area contributed by atoms with E-state index in [1.165, 1.54) is 0 Å². The number of nitrogens with one attached hydrogen (secondary N) is 3. The summed E-state index contributed by atoms with van der Waals surface area (Å²) in [6, 6.07) is 16.4. The van der Waals surface area contributed by atoms with Crippen molar-refractivity contribution < 1.29 is 8.42 Å². The average molecular weight is 393 g/mol. The predicted molar refractivity (Wildman–Crippen MR) is 110 cm³/mol. The van der Waals surface area contributed by atoms with E-state index in [2.05, 4.69) is 15.3 Å². The van der Waals surface area contributed by atoms with Crippen LogP contribution in [0, 0.1) is 0 Å². The van der Waals surface area contributed by atoms with Crippen LogP contribution in [0.1, 0.15) is 6.42 Å². The number of aromatic nitrogens is 2. The number of hydrogen-bond acceptors (Lipinski definition) is 4. The van der Waals surface area contributed by atoms with Crippen LogP contribution in [0.25, 0.3) is 33.1 Å². The van der Waals surface area contributed by atoms with Crippen LogP contribution in [-0.4, -0.2) is 36.7 Å². The van der Waals surface area contributed by atoms with Gasteiger partial charge in [-0.05, 0) is 54.8 Å². The Balaban J connectivity index is 1.61. The third kappa shape index (κ3) is 2.75. The maximum Gasteiger partial charge on any atom is 0.257 e. The number of pyridine rings is 1. The second kappa shape index (κ2) is 6.32. The molecular weight excluding hydrogens is 374 g/mol. The Morgan fingerprint density at radius 3 is 2.54 bits per heavy atom. The number of H-pyrrole nitrogens is 2. The maximum absolute atomic E-state index is 12.9. The number of hydrogen-bond donors (Lipinski definition) is 3. The largest absolute Gasteiger partial charge is 0.354 e. The predicted octanol–water partition coefficient (Wildman–Crippen LogP) is 2.81. The van der Waals surface area contributed by atoms with E-state index in [0.717, 1.165) is 28.4 Å². The van der Waals surface area contributed by atoms with Crippen molar-refractivity contribution in [2.24, 2.45) is 0 Å². The fourth-order valence-electron chi connectivity index (χ4n) is 3.87. The van der Waals surface area contributed by atoms with Crippen LogP contribution in [0.5, 0.6) is 0 Å². The van der Waals surface area contributed by atoms with Gasteiger partial charge in [0.2, 0.25) is 0 Å². The van der Waals surface area contributed by atoms with Crippen LogP contribution in [-0.2, 0) is 9.84 Å². The van der Waals surface area contributed by atoms with Gasteiger partial charge in [-0.3, -0.25) is 4.79 Å². The molecular formula is C21H19N3O3S. The first kappa shape index (κ1) is 17.2. The summed E-state index contributed by atoms with van der Waals surface area (Å²) < 4.78 is 25.7. The van der Waals surface area contributed by atoms with E-state index in [1.807, 2.05) is 36.4 Å². The van der Waals surface area contributed by atoms with Gasteiger partial charge in [-0.15, -0.1) is 0 Å². The number of aromatic amines is 2. The van der Waals surface area contributed by atoms with Gasteiger partial charge in [0.1, 0.15) is 0 Å². The van der Waals surface area contributed by atoms with Crippen LogP contribution < -0.4 is 10.9 Å². The van der Waals surface area contributed by atoms with Crippen molar-refractivity contribution in [2.45, 2.75) is 16.6 Å². The molecule has 1 saturated heterocycles. The van der Waals surface area contributed by atoms with E-state index in [9.17, 15) is 13.2 Å². The smallest absolute Gasteiger partial charge is 0.257 e. The minimum atomic E-state index is -3.37. The van der Waals surface area contributed by atoms with E-state index < -0.39 is 9.84 Å². The lowest BCUT2D eigenvalue weighted by Crippen LogP contribution is -2.23. The molecule has 6 nitrogen and oxygen atoms in total. The molecule has 0 bridgehead atoms. The van der Waals surface area contributed by atoms with Crippen molar-refractivity contribution in [3.63, 3.8) is 0 Å². The molecule has 0 unspecified atom stereocenters. The molecule has 0 aliphatic carbocycles. The molecule has 28 heavy (non-hydrogen) atoms. The number of sulfone groups is 1. The van der Waals surface area contributed by atoms with Gasteiger partial charge in [0.05, 0.1) is 21.4 Å². The molecule has 2 aromatic carbocycles. The first-order valence-corrected chi connectivity index (χ1v) is 10.8. The van der Waals surface area contributed by atoms with Crippen LogP contribution >= 0.6 is 0 Å². The van der Waals surface area contributed by atoms with Gasteiger partial charge < -0.3 is 15.3 Å². The molecule has 1 fully saturated rings. The Hall–Kier alpha value is -2.90. The van der Waals surface area contributed by atoms with Crippen molar-refractivity contribution in [1.29, 1.82) is 0 Å². The SMILES string of the molecule is O=c1[nH]c2ccccc2cc1-c1cc2cc(S(=O)(=O)[C@H]3CCNC3)ccc2[nH]1. The lowest BCUT2D eigenvalue weighted by molar-refractivity contribution is 0.583. The van der Waals surface area contributed by atoms with E-state index in [-0.39, 0.29) is 10.8 Å². The van der Waals surface area contributed by atoms with Crippen molar-refractivity contribution in [1.82, 2.24) is 15.3 Å². The van der Waals surface area contributed by atoms with Gasteiger partial charge >= 0.3 is 0 Å². The van der Waals surface area contributed by atoms with E-state index >= 15 is 0 Å². The van der Waals surface area contributed by atoms with Crippen molar-refractivity contribution >= 4 is 31.6 Å². The van der Waals surface area contributed by atoms with Crippen LogP contribution in [0.3, 0.4) is 0 Å². The summed E-state index contributed by atoms with van der Waals surface area (Å²) in [4.78, 5) is 19.0. The highest BCUT2D eigenvalue weighted by Gasteiger charge is 2.30. The first-order valence-electron chi connectivity index (χ1n) is 9.22. The summed E-state index contributed by atoms with van der Waals surface area (Å²) in [7, 11) is -3.37. The summed E-state index contributed by atoms with van der Waals surface area (Å²) in [6.07, 6.45) is 0.630. The van der Waals surface area contributed by atoms with Crippen LogP contribution in [0.15, 0.2) is 64.3 Å². The minimum Gasteiger partial charge on any atom is -0.354 e. The van der Waals surface area contributed by atoms with Crippen molar-refractivity contribution in [3.8, 4) is 11.3 Å². The molecule has 0 radical (unpaired) electrons. The zero-order valence-corrected chi connectivity index (χ0v) is 15.8. The molecule has 1 atom stereocenters. The zero-order chi connectivity index (χ0) is 19.3. The lowest BCUT2D eigenvalue weighted by atomic mass is 10.1. The summed E-state index contributed by atoms with van der Waals surface area (Å²) in [5.41, 5.74) is 2.59. The Kier molecular flexibility index (Phi) is 3.89. The standard InChI is InChI=1S/C21H19N3O3S/c25-21-17(10-13-3-1-2-4-18(13)24-21)20-11-14-9-15(5-6-19(14)23-20)28(26,27)16-7-8-22-12-16/h1-6,9-11,16,22-23H,7-8,12H2,(H,24,25)/t16-/m0/s1. The Morgan fingerprint density at radius 1 is 0.893 bits per heavy atom. The fraction of sp³-hybridized carbons (Fsp3) is 0.190. The lowest BCUT2D eigenvalue weighted by Gasteiger charge is -2.10. The maximum atomic E-state index is 12.9. The Bertz CT molecular complexity index is 1360. The first-order chi connectivity index (χ1) is 13.5. The minimum absolute atomic E-state index is 0.185. The van der Waals surface area contributed by atoms with Crippen LogP contribution in [0.2, 0.25) is 0 Å². The Labute approximate surface area is 161 Å². The highest BCUT2D eigenvalue weighted by Crippen LogP contribution is 2.28. The molecule has 142 valence electrons. The summed E-state index contributed by atoms with van der Waals surface area (Å²) in [6.45, 7) is 1.22. The molecule has 5 rings (SSSR count). The van der Waals surface area contributed by atoms with E-state index in [4.69, 9.17) is 0 Å². The molecule has 0 amide bonds. The number of benzene rings is 2. The quantitative estimate of drug-likeness (QED) is 0.499. The second-order valence-corrected chi connectivity index (χ2v) is 9.42. The topological polar surface area (TPSA) is 94.8 Å².